The Morgan fingerprint density at radius 2 is 1.88 bits per heavy atom. The molecule has 0 aromatic heterocycles. The molecule has 6 heteroatoms. The van der Waals surface area contributed by atoms with Crippen LogP contribution in [0, 0.1) is 11.7 Å². The third-order valence-corrected chi connectivity index (χ3v) is 4.23. The Hall–Kier alpha value is -2.89. The van der Waals surface area contributed by atoms with Gasteiger partial charge in [0.05, 0.1) is 12.5 Å². The second-order valence-electron chi connectivity index (χ2n) is 6.24. The van der Waals surface area contributed by atoms with Gasteiger partial charge in [0.1, 0.15) is 11.6 Å². The second kappa shape index (κ2) is 7.99. The number of benzene rings is 2. The van der Waals surface area contributed by atoms with Gasteiger partial charge in [-0.05, 0) is 55.0 Å². The monoisotopic (exact) mass is 356 g/mol. The SMILES string of the molecule is CCCOc1ccc(N2C[C@H](C(=O)Nc3ccc(F)cc3)CC2=O)cc1. The fourth-order valence-electron chi connectivity index (χ4n) is 2.85. The Bertz CT molecular complexity index is 775. The van der Waals surface area contributed by atoms with Crippen LogP contribution in [-0.4, -0.2) is 25.0 Å². The third kappa shape index (κ3) is 4.20. The maximum Gasteiger partial charge on any atom is 0.229 e. The molecule has 1 aliphatic heterocycles. The molecule has 1 saturated heterocycles. The van der Waals surface area contributed by atoms with Gasteiger partial charge < -0.3 is 15.0 Å². The van der Waals surface area contributed by atoms with Crippen LogP contribution in [0.3, 0.4) is 0 Å². The lowest BCUT2D eigenvalue weighted by molar-refractivity contribution is -0.122. The van der Waals surface area contributed by atoms with Crippen molar-refractivity contribution in [3.63, 3.8) is 0 Å². The minimum Gasteiger partial charge on any atom is -0.494 e. The average molecular weight is 356 g/mol. The van der Waals surface area contributed by atoms with Crippen LogP contribution in [0.15, 0.2) is 48.5 Å². The Kier molecular flexibility index (Phi) is 5.51. The first-order valence-electron chi connectivity index (χ1n) is 8.66. The van der Waals surface area contributed by atoms with E-state index in [1.807, 2.05) is 31.2 Å². The van der Waals surface area contributed by atoms with Gasteiger partial charge in [-0.3, -0.25) is 9.59 Å². The van der Waals surface area contributed by atoms with Gasteiger partial charge in [-0.1, -0.05) is 6.92 Å². The third-order valence-electron chi connectivity index (χ3n) is 4.23. The van der Waals surface area contributed by atoms with E-state index in [4.69, 9.17) is 4.74 Å². The van der Waals surface area contributed by atoms with E-state index >= 15 is 0 Å². The fourth-order valence-corrected chi connectivity index (χ4v) is 2.85. The van der Waals surface area contributed by atoms with Crippen molar-refractivity contribution in [2.24, 2.45) is 5.92 Å². The summed E-state index contributed by atoms with van der Waals surface area (Å²) in [7, 11) is 0. The molecule has 0 aliphatic carbocycles. The molecule has 5 nitrogen and oxygen atoms in total. The molecule has 26 heavy (non-hydrogen) atoms. The van der Waals surface area contributed by atoms with Gasteiger partial charge in [0.15, 0.2) is 0 Å². The maximum absolute atomic E-state index is 12.9. The van der Waals surface area contributed by atoms with Crippen molar-refractivity contribution in [2.45, 2.75) is 19.8 Å². The lowest BCUT2D eigenvalue weighted by atomic mass is 10.1. The van der Waals surface area contributed by atoms with E-state index in [-0.39, 0.29) is 24.1 Å². The van der Waals surface area contributed by atoms with Gasteiger partial charge in [-0.25, -0.2) is 4.39 Å². The minimum absolute atomic E-state index is 0.0912. The van der Waals surface area contributed by atoms with Crippen molar-refractivity contribution >= 4 is 23.2 Å². The number of carbonyl (C=O) groups is 2. The summed E-state index contributed by atoms with van der Waals surface area (Å²) >= 11 is 0. The lowest BCUT2D eigenvalue weighted by Crippen LogP contribution is -2.28. The normalized spacial score (nSPS) is 16.6. The van der Waals surface area contributed by atoms with Crippen molar-refractivity contribution in [1.82, 2.24) is 0 Å². The summed E-state index contributed by atoms with van der Waals surface area (Å²) in [6.07, 6.45) is 1.08. The largest absolute Gasteiger partial charge is 0.494 e. The molecule has 1 aliphatic rings. The number of nitrogens with one attached hydrogen (secondary N) is 1. The highest BCUT2D eigenvalue weighted by atomic mass is 19.1. The number of nitrogens with zero attached hydrogens (tertiary/aromatic N) is 1. The zero-order valence-electron chi connectivity index (χ0n) is 14.6. The van der Waals surface area contributed by atoms with Crippen molar-refractivity contribution in [3.05, 3.63) is 54.3 Å². The summed E-state index contributed by atoms with van der Waals surface area (Å²) in [4.78, 5) is 26.3. The molecule has 2 aromatic carbocycles. The zero-order chi connectivity index (χ0) is 18.5. The summed E-state index contributed by atoms with van der Waals surface area (Å²) in [6.45, 7) is 3.00. The van der Waals surface area contributed by atoms with E-state index < -0.39 is 5.92 Å². The van der Waals surface area contributed by atoms with Crippen LogP contribution in [0.5, 0.6) is 5.75 Å². The van der Waals surface area contributed by atoms with E-state index in [1.165, 1.54) is 24.3 Å². The molecule has 1 atom stereocenters. The van der Waals surface area contributed by atoms with E-state index in [1.54, 1.807) is 4.90 Å². The Morgan fingerprint density at radius 1 is 1.19 bits per heavy atom. The number of hydrogen-bond donors (Lipinski definition) is 1. The molecule has 0 bridgehead atoms. The summed E-state index contributed by atoms with van der Waals surface area (Å²) in [6, 6.07) is 12.8. The first-order valence-corrected chi connectivity index (χ1v) is 8.66. The number of ether oxygens (including phenoxy) is 1. The number of carbonyl (C=O) groups excluding carboxylic acids is 2. The average Bonchev–Trinajstić information content (AvgIpc) is 3.04. The molecular formula is C20H21FN2O3. The maximum atomic E-state index is 12.9. The molecular weight excluding hydrogens is 335 g/mol. The molecule has 2 amide bonds. The molecule has 1 heterocycles. The Balaban J connectivity index is 1.62. The van der Waals surface area contributed by atoms with E-state index in [0.717, 1.165) is 17.9 Å². The van der Waals surface area contributed by atoms with E-state index in [0.29, 0.717) is 18.8 Å². The Labute approximate surface area is 151 Å². The van der Waals surface area contributed by atoms with Crippen molar-refractivity contribution < 1.29 is 18.7 Å². The van der Waals surface area contributed by atoms with Crippen LogP contribution in [0.4, 0.5) is 15.8 Å². The summed E-state index contributed by atoms with van der Waals surface area (Å²) < 4.78 is 18.5. The quantitative estimate of drug-likeness (QED) is 0.860. The first-order chi connectivity index (χ1) is 12.6. The summed E-state index contributed by atoms with van der Waals surface area (Å²) in [5, 5.41) is 2.73. The molecule has 0 radical (unpaired) electrons. The van der Waals surface area contributed by atoms with Gasteiger partial charge in [0, 0.05) is 24.3 Å². The minimum atomic E-state index is -0.441. The van der Waals surface area contributed by atoms with Crippen LogP contribution in [0.1, 0.15) is 19.8 Å². The molecule has 2 aromatic rings. The fraction of sp³-hybridized carbons (Fsp3) is 0.300. The predicted molar refractivity (Wildman–Crippen MR) is 97.7 cm³/mol. The number of halogens is 1. The molecule has 136 valence electrons. The first kappa shape index (κ1) is 17.9. The molecule has 1 fully saturated rings. The highest BCUT2D eigenvalue weighted by Gasteiger charge is 2.35. The van der Waals surface area contributed by atoms with Crippen LogP contribution in [0.2, 0.25) is 0 Å². The van der Waals surface area contributed by atoms with Crippen molar-refractivity contribution in [2.75, 3.05) is 23.4 Å². The van der Waals surface area contributed by atoms with Crippen LogP contribution in [-0.2, 0) is 9.59 Å². The van der Waals surface area contributed by atoms with Gasteiger partial charge in [0.25, 0.3) is 0 Å². The van der Waals surface area contributed by atoms with Gasteiger partial charge in [-0.15, -0.1) is 0 Å². The van der Waals surface area contributed by atoms with Gasteiger partial charge in [-0.2, -0.15) is 0 Å². The number of amides is 2. The zero-order valence-corrected chi connectivity index (χ0v) is 14.6. The number of anilines is 2. The molecule has 1 N–H and O–H groups in total. The smallest absolute Gasteiger partial charge is 0.229 e. The number of hydrogen-bond acceptors (Lipinski definition) is 3. The molecule has 0 unspecified atom stereocenters. The Morgan fingerprint density at radius 3 is 2.54 bits per heavy atom. The van der Waals surface area contributed by atoms with Crippen LogP contribution < -0.4 is 15.0 Å². The summed E-state index contributed by atoms with van der Waals surface area (Å²) in [5.41, 5.74) is 1.26. The topological polar surface area (TPSA) is 58.6 Å². The lowest BCUT2D eigenvalue weighted by Gasteiger charge is -2.17. The van der Waals surface area contributed by atoms with Crippen LogP contribution >= 0.6 is 0 Å². The van der Waals surface area contributed by atoms with Gasteiger partial charge in [0.2, 0.25) is 11.8 Å². The van der Waals surface area contributed by atoms with E-state index in [2.05, 4.69) is 5.32 Å². The highest BCUT2D eigenvalue weighted by molar-refractivity contribution is 6.03. The summed E-state index contributed by atoms with van der Waals surface area (Å²) in [5.74, 6) is -0.380. The van der Waals surface area contributed by atoms with Gasteiger partial charge >= 0.3 is 0 Å². The molecule has 3 rings (SSSR count). The highest BCUT2D eigenvalue weighted by Crippen LogP contribution is 2.27. The second-order valence-corrected chi connectivity index (χ2v) is 6.24. The number of rotatable bonds is 6. The van der Waals surface area contributed by atoms with Crippen molar-refractivity contribution in [1.29, 1.82) is 0 Å². The predicted octanol–water partition coefficient (Wildman–Crippen LogP) is 3.61. The molecule has 0 spiro atoms. The van der Waals surface area contributed by atoms with Crippen LogP contribution in [0.25, 0.3) is 0 Å². The van der Waals surface area contributed by atoms with Crippen molar-refractivity contribution in [3.8, 4) is 5.75 Å². The standard InChI is InChI=1S/C20H21FN2O3/c1-2-11-26-18-9-7-17(8-10-18)23-13-14(12-19(23)24)20(25)22-16-5-3-15(21)4-6-16/h3-10,14H,2,11-13H2,1H3,(H,22,25)/t14-/m1/s1. The van der Waals surface area contributed by atoms with E-state index in [9.17, 15) is 14.0 Å². The molecule has 0 saturated carbocycles.